The van der Waals surface area contributed by atoms with Crippen LogP contribution >= 0.6 is 15.9 Å². The van der Waals surface area contributed by atoms with Crippen LogP contribution in [0.5, 0.6) is 5.75 Å². The maximum absolute atomic E-state index is 12.4. The minimum absolute atomic E-state index is 0.276. The van der Waals surface area contributed by atoms with Crippen LogP contribution in [-0.4, -0.2) is 25.5 Å². The molecule has 124 valence electrons. The van der Waals surface area contributed by atoms with E-state index in [1.54, 1.807) is 55.7 Å². The van der Waals surface area contributed by atoms with Crippen molar-refractivity contribution >= 4 is 33.4 Å². The van der Waals surface area contributed by atoms with Gasteiger partial charge in [-0.15, -0.1) is 6.58 Å². The van der Waals surface area contributed by atoms with Gasteiger partial charge < -0.3 is 15.4 Å². The molecule has 2 aromatic carbocycles. The molecular formula is C18H17BrN2O3. The Labute approximate surface area is 148 Å². The van der Waals surface area contributed by atoms with Crippen LogP contribution in [0.2, 0.25) is 0 Å². The first-order valence-corrected chi connectivity index (χ1v) is 7.99. The molecule has 0 fully saturated rings. The highest BCUT2D eigenvalue weighted by Crippen LogP contribution is 2.26. The summed E-state index contributed by atoms with van der Waals surface area (Å²) in [5.74, 6) is 0.0415. The number of ether oxygens (including phenoxy) is 1. The van der Waals surface area contributed by atoms with E-state index in [2.05, 4.69) is 33.1 Å². The Morgan fingerprint density at radius 3 is 2.62 bits per heavy atom. The number of nitrogens with one attached hydrogen (secondary N) is 2. The van der Waals surface area contributed by atoms with E-state index in [4.69, 9.17) is 4.74 Å². The number of carbonyl (C=O) groups excluding carboxylic acids is 2. The van der Waals surface area contributed by atoms with Crippen LogP contribution < -0.4 is 15.4 Å². The van der Waals surface area contributed by atoms with Crippen molar-refractivity contribution in [2.45, 2.75) is 0 Å². The number of amides is 2. The van der Waals surface area contributed by atoms with Crippen LogP contribution in [0.25, 0.3) is 0 Å². The highest BCUT2D eigenvalue weighted by atomic mass is 79.9. The predicted octanol–water partition coefficient (Wildman–Crippen LogP) is 3.63. The summed E-state index contributed by atoms with van der Waals surface area (Å²) in [6.07, 6.45) is 1.59. The zero-order chi connectivity index (χ0) is 17.5. The van der Waals surface area contributed by atoms with Crippen LogP contribution in [0.4, 0.5) is 5.69 Å². The van der Waals surface area contributed by atoms with Gasteiger partial charge in [0.1, 0.15) is 5.75 Å². The third-order valence-electron chi connectivity index (χ3n) is 3.24. The summed E-state index contributed by atoms with van der Waals surface area (Å²) in [6.45, 7) is 3.91. The lowest BCUT2D eigenvalue weighted by Gasteiger charge is -2.11. The van der Waals surface area contributed by atoms with Gasteiger partial charge in [-0.1, -0.05) is 18.2 Å². The summed E-state index contributed by atoms with van der Waals surface area (Å²) in [5.41, 5.74) is 1.28. The maximum Gasteiger partial charge on any atom is 0.255 e. The van der Waals surface area contributed by atoms with Crippen molar-refractivity contribution in [3.8, 4) is 5.75 Å². The molecule has 0 unspecified atom stereocenters. The first-order chi connectivity index (χ1) is 11.6. The van der Waals surface area contributed by atoms with Gasteiger partial charge in [0.15, 0.2) is 0 Å². The molecule has 2 rings (SSSR count). The molecule has 5 nitrogen and oxygen atoms in total. The lowest BCUT2D eigenvalue weighted by atomic mass is 10.1. The molecule has 0 bridgehead atoms. The molecule has 2 aromatic rings. The lowest BCUT2D eigenvalue weighted by molar-refractivity contribution is 0.0959. The Bertz CT molecular complexity index is 775. The number of anilines is 1. The molecule has 6 heteroatoms. The molecular weight excluding hydrogens is 372 g/mol. The molecule has 0 aliphatic heterocycles. The third-order valence-corrected chi connectivity index (χ3v) is 3.86. The third kappa shape index (κ3) is 4.23. The van der Waals surface area contributed by atoms with Crippen molar-refractivity contribution in [2.24, 2.45) is 0 Å². The van der Waals surface area contributed by atoms with E-state index < -0.39 is 0 Å². The van der Waals surface area contributed by atoms with E-state index in [9.17, 15) is 9.59 Å². The summed E-state index contributed by atoms with van der Waals surface area (Å²) in [5, 5.41) is 5.46. The fourth-order valence-corrected chi connectivity index (χ4v) is 2.59. The monoisotopic (exact) mass is 388 g/mol. The Kier molecular flexibility index (Phi) is 6.14. The van der Waals surface area contributed by atoms with E-state index in [1.165, 1.54) is 0 Å². The smallest absolute Gasteiger partial charge is 0.255 e. The zero-order valence-electron chi connectivity index (χ0n) is 13.1. The zero-order valence-corrected chi connectivity index (χ0v) is 14.7. The Morgan fingerprint density at radius 1 is 1.21 bits per heavy atom. The molecule has 0 aliphatic rings. The second-order valence-electron chi connectivity index (χ2n) is 4.85. The Hall–Kier alpha value is -2.60. The van der Waals surface area contributed by atoms with E-state index in [1.807, 2.05) is 0 Å². The van der Waals surface area contributed by atoms with Crippen LogP contribution in [0.15, 0.2) is 59.6 Å². The Balaban J connectivity index is 2.21. The van der Waals surface area contributed by atoms with Gasteiger partial charge in [0, 0.05) is 12.1 Å². The highest BCUT2D eigenvalue weighted by Gasteiger charge is 2.14. The standard InChI is InChI=1S/C18H17BrN2O3/c1-3-10-20-18(23)13-6-4-5-7-15(13)21-17(22)12-8-9-16(24-2)14(19)11-12/h3-9,11H,1,10H2,2H3,(H,20,23)(H,21,22). The number of rotatable bonds is 6. The molecule has 0 saturated carbocycles. The number of methoxy groups -OCH3 is 1. The van der Waals surface area contributed by atoms with Crippen molar-refractivity contribution < 1.29 is 14.3 Å². The molecule has 0 saturated heterocycles. The van der Waals surface area contributed by atoms with E-state index in [-0.39, 0.29) is 11.8 Å². The molecule has 0 heterocycles. The average Bonchev–Trinajstić information content (AvgIpc) is 2.60. The molecule has 0 radical (unpaired) electrons. The van der Waals surface area contributed by atoms with Gasteiger partial charge >= 0.3 is 0 Å². The second kappa shape index (κ2) is 8.31. The number of benzene rings is 2. The van der Waals surface area contributed by atoms with Gasteiger partial charge in [0.2, 0.25) is 0 Å². The summed E-state index contributed by atoms with van der Waals surface area (Å²) < 4.78 is 5.82. The number of para-hydroxylation sites is 1. The van der Waals surface area contributed by atoms with Crippen LogP contribution in [-0.2, 0) is 0 Å². The van der Waals surface area contributed by atoms with Crippen LogP contribution in [0, 0.1) is 0 Å². The van der Waals surface area contributed by atoms with E-state index in [0.29, 0.717) is 33.6 Å². The Morgan fingerprint density at radius 2 is 1.96 bits per heavy atom. The molecule has 0 aromatic heterocycles. The average molecular weight is 389 g/mol. The fraction of sp³-hybridized carbons (Fsp3) is 0.111. The van der Waals surface area contributed by atoms with Crippen molar-refractivity contribution in [3.05, 3.63) is 70.7 Å². The second-order valence-corrected chi connectivity index (χ2v) is 5.70. The van der Waals surface area contributed by atoms with Gasteiger partial charge in [-0.05, 0) is 46.3 Å². The van der Waals surface area contributed by atoms with Gasteiger partial charge in [-0.25, -0.2) is 0 Å². The van der Waals surface area contributed by atoms with Gasteiger partial charge in [-0.2, -0.15) is 0 Å². The fourth-order valence-electron chi connectivity index (χ4n) is 2.05. The van der Waals surface area contributed by atoms with Crippen LogP contribution in [0.3, 0.4) is 0 Å². The molecule has 2 amide bonds. The molecule has 0 aliphatic carbocycles. The molecule has 2 N–H and O–H groups in total. The van der Waals surface area contributed by atoms with Gasteiger partial charge in [0.05, 0.1) is 22.8 Å². The predicted molar refractivity (Wildman–Crippen MR) is 97.6 cm³/mol. The van der Waals surface area contributed by atoms with Gasteiger partial charge in [0.25, 0.3) is 11.8 Å². The largest absolute Gasteiger partial charge is 0.496 e. The minimum Gasteiger partial charge on any atom is -0.496 e. The molecule has 24 heavy (non-hydrogen) atoms. The SMILES string of the molecule is C=CCNC(=O)c1ccccc1NC(=O)c1ccc(OC)c(Br)c1. The quantitative estimate of drug-likeness (QED) is 0.742. The summed E-state index contributed by atoms with van der Waals surface area (Å²) in [4.78, 5) is 24.6. The first-order valence-electron chi connectivity index (χ1n) is 7.20. The lowest BCUT2D eigenvalue weighted by Crippen LogP contribution is -2.25. The van der Waals surface area contributed by atoms with E-state index in [0.717, 1.165) is 0 Å². The summed E-state index contributed by atoms with van der Waals surface area (Å²) in [7, 11) is 1.55. The van der Waals surface area contributed by atoms with Crippen molar-refractivity contribution in [1.29, 1.82) is 0 Å². The van der Waals surface area contributed by atoms with Crippen molar-refractivity contribution in [3.63, 3.8) is 0 Å². The molecule has 0 spiro atoms. The number of carbonyl (C=O) groups is 2. The summed E-state index contributed by atoms with van der Waals surface area (Å²) in [6, 6.07) is 11.8. The maximum atomic E-state index is 12.4. The number of hydrogen-bond donors (Lipinski definition) is 2. The molecule has 0 atom stereocenters. The summed E-state index contributed by atoms with van der Waals surface area (Å²) >= 11 is 3.35. The first kappa shape index (κ1) is 17.7. The van der Waals surface area contributed by atoms with Crippen molar-refractivity contribution in [2.75, 3.05) is 19.0 Å². The number of halogens is 1. The topological polar surface area (TPSA) is 67.4 Å². The van der Waals surface area contributed by atoms with E-state index >= 15 is 0 Å². The minimum atomic E-state index is -0.317. The highest BCUT2D eigenvalue weighted by molar-refractivity contribution is 9.10. The number of hydrogen-bond acceptors (Lipinski definition) is 3. The van der Waals surface area contributed by atoms with Crippen molar-refractivity contribution in [1.82, 2.24) is 5.32 Å². The normalized spacial score (nSPS) is 9.92. The van der Waals surface area contributed by atoms with Gasteiger partial charge in [-0.3, -0.25) is 9.59 Å². The van der Waals surface area contributed by atoms with Crippen LogP contribution in [0.1, 0.15) is 20.7 Å².